The molecule has 1 N–H and O–H groups in total. The summed E-state index contributed by atoms with van der Waals surface area (Å²) in [6.07, 6.45) is 4.01. The molecule has 134 valence electrons. The van der Waals surface area contributed by atoms with Crippen LogP contribution in [0.5, 0.6) is 0 Å². The third kappa shape index (κ3) is 4.13. The lowest BCUT2D eigenvalue weighted by atomic mass is 9.74. The second-order valence-corrected chi connectivity index (χ2v) is 6.79. The molecule has 1 aromatic rings. The minimum absolute atomic E-state index is 0.131. The molecule has 1 aromatic carbocycles. The van der Waals surface area contributed by atoms with Crippen LogP contribution in [0.1, 0.15) is 56.3 Å². The molecule has 0 atom stereocenters. The molecule has 0 radical (unpaired) electrons. The minimum atomic E-state index is -0.958. The molecule has 1 fully saturated rings. The Kier molecular flexibility index (Phi) is 6.44. The number of rotatable bonds is 5. The highest BCUT2D eigenvalue weighted by molar-refractivity contribution is 6.34. The Labute approximate surface area is 153 Å². The number of carbonyl (C=O) groups is 2. The van der Waals surface area contributed by atoms with Gasteiger partial charge in [-0.3, -0.25) is 9.59 Å². The Hall–Kier alpha value is -2.06. The van der Waals surface area contributed by atoms with Crippen molar-refractivity contribution in [1.29, 1.82) is 5.26 Å². The van der Waals surface area contributed by atoms with Crippen molar-refractivity contribution in [3.05, 3.63) is 28.8 Å². The molecule has 0 aromatic heterocycles. The Morgan fingerprint density at radius 3 is 2.40 bits per heavy atom. The number of nitrogens with one attached hydrogen (secondary N) is 1. The van der Waals surface area contributed by atoms with E-state index in [2.05, 4.69) is 11.4 Å². The van der Waals surface area contributed by atoms with E-state index in [0.717, 1.165) is 19.3 Å². The van der Waals surface area contributed by atoms with E-state index < -0.39 is 5.41 Å². The molecule has 2 amide bonds. The summed E-state index contributed by atoms with van der Waals surface area (Å²) < 4.78 is 0. The first-order valence-electron chi connectivity index (χ1n) is 8.79. The van der Waals surface area contributed by atoms with Gasteiger partial charge in [0.25, 0.3) is 5.91 Å². The van der Waals surface area contributed by atoms with E-state index in [-0.39, 0.29) is 11.8 Å². The average molecular weight is 362 g/mol. The zero-order valence-electron chi connectivity index (χ0n) is 14.8. The lowest BCUT2D eigenvalue weighted by Gasteiger charge is -2.29. The van der Waals surface area contributed by atoms with Crippen molar-refractivity contribution in [2.24, 2.45) is 5.41 Å². The number of hydrogen-bond donors (Lipinski definition) is 1. The highest BCUT2D eigenvalue weighted by Crippen LogP contribution is 2.37. The van der Waals surface area contributed by atoms with Crippen LogP contribution in [0.2, 0.25) is 5.02 Å². The summed E-state index contributed by atoms with van der Waals surface area (Å²) in [6.45, 7) is 5.04. The highest BCUT2D eigenvalue weighted by atomic mass is 35.5. The molecule has 1 aliphatic carbocycles. The number of anilines is 1. The van der Waals surface area contributed by atoms with Crippen LogP contribution in [-0.4, -0.2) is 29.8 Å². The van der Waals surface area contributed by atoms with Crippen LogP contribution in [0.3, 0.4) is 0 Å². The quantitative estimate of drug-likeness (QED) is 0.852. The number of nitrogens with zero attached hydrogens (tertiary/aromatic N) is 2. The summed E-state index contributed by atoms with van der Waals surface area (Å²) in [4.78, 5) is 26.7. The molecule has 0 saturated heterocycles. The van der Waals surface area contributed by atoms with Crippen LogP contribution in [0, 0.1) is 16.7 Å². The fraction of sp³-hybridized carbons (Fsp3) is 0.526. The molecule has 6 heteroatoms. The summed E-state index contributed by atoms with van der Waals surface area (Å²) in [5.41, 5.74) is -0.0391. The van der Waals surface area contributed by atoms with Crippen LogP contribution in [0.4, 0.5) is 5.69 Å². The third-order valence-electron chi connectivity index (χ3n) is 4.86. The number of carbonyl (C=O) groups excluding carboxylic acids is 2. The van der Waals surface area contributed by atoms with Gasteiger partial charge < -0.3 is 10.2 Å². The Bertz CT molecular complexity index is 686. The maximum atomic E-state index is 12.6. The van der Waals surface area contributed by atoms with Crippen LogP contribution in [-0.2, 0) is 4.79 Å². The Balaban J connectivity index is 2.16. The fourth-order valence-electron chi connectivity index (χ4n) is 3.24. The van der Waals surface area contributed by atoms with Gasteiger partial charge in [-0.25, -0.2) is 0 Å². The third-order valence-corrected chi connectivity index (χ3v) is 5.18. The predicted octanol–water partition coefficient (Wildman–Crippen LogP) is 4.23. The first-order chi connectivity index (χ1) is 12.0. The fourth-order valence-corrected chi connectivity index (χ4v) is 3.50. The van der Waals surface area contributed by atoms with Crippen molar-refractivity contribution in [3.63, 3.8) is 0 Å². The summed E-state index contributed by atoms with van der Waals surface area (Å²) in [7, 11) is 0. The topological polar surface area (TPSA) is 73.2 Å². The number of nitriles is 1. The molecule has 1 saturated carbocycles. The molecule has 0 aliphatic heterocycles. The molecule has 1 aliphatic rings. The predicted molar refractivity (Wildman–Crippen MR) is 98.5 cm³/mol. The summed E-state index contributed by atoms with van der Waals surface area (Å²) >= 11 is 6.26. The first-order valence-corrected chi connectivity index (χ1v) is 9.16. The smallest absolute Gasteiger partial charge is 0.255 e. The van der Waals surface area contributed by atoms with Gasteiger partial charge >= 0.3 is 0 Å². The van der Waals surface area contributed by atoms with E-state index in [1.54, 1.807) is 23.1 Å². The van der Waals surface area contributed by atoms with Gasteiger partial charge in [-0.2, -0.15) is 5.26 Å². The van der Waals surface area contributed by atoms with Gasteiger partial charge in [-0.05, 0) is 44.9 Å². The van der Waals surface area contributed by atoms with E-state index in [1.807, 2.05) is 13.8 Å². The zero-order chi connectivity index (χ0) is 18.4. The maximum absolute atomic E-state index is 12.6. The van der Waals surface area contributed by atoms with Crippen molar-refractivity contribution >= 4 is 29.1 Å². The average Bonchev–Trinajstić information content (AvgIpc) is 2.63. The summed E-state index contributed by atoms with van der Waals surface area (Å²) in [5, 5.41) is 12.6. The van der Waals surface area contributed by atoms with Gasteiger partial charge in [-0.15, -0.1) is 0 Å². The van der Waals surface area contributed by atoms with Crippen molar-refractivity contribution in [1.82, 2.24) is 4.90 Å². The van der Waals surface area contributed by atoms with Gasteiger partial charge in [0.05, 0.1) is 16.7 Å². The monoisotopic (exact) mass is 361 g/mol. The number of hydrogen-bond acceptors (Lipinski definition) is 3. The second kappa shape index (κ2) is 8.35. The zero-order valence-corrected chi connectivity index (χ0v) is 15.5. The molecule has 25 heavy (non-hydrogen) atoms. The molecule has 0 unspecified atom stereocenters. The molecule has 0 bridgehead atoms. The maximum Gasteiger partial charge on any atom is 0.255 e. The normalized spacial score (nSPS) is 15.9. The van der Waals surface area contributed by atoms with Gasteiger partial charge in [0.1, 0.15) is 5.41 Å². The second-order valence-electron chi connectivity index (χ2n) is 6.38. The number of halogens is 1. The standard InChI is InChI=1S/C19H24ClN3O2/c1-3-23(4-2)17(24)15-9-8-14(12-16(15)20)22-18(25)19(13-21)10-6-5-7-11-19/h8-9,12H,3-7,10-11H2,1-2H3,(H,22,25). The van der Waals surface area contributed by atoms with Gasteiger partial charge in [-0.1, -0.05) is 30.9 Å². The van der Waals surface area contributed by atoms with Crippen LogP contribution < -0.4 is 5.32 Å². The van der Waals surface area contributed by atoms with Gasteiger partial charge in [0.15, 0.2) is 0 Å². The molecular weight excluding hydrogens is 338 g/mol. The van der Waals surface area contributed by atoms with E-state index in [0.29, 0.717) is 42.2 Å². The van der Waals surface area contributed by atoms with Gasteiger partial charge in [0, 0.05) is 18.8 Å². The number of benzene rings is 1. The first kappa shape index (κ1) is 19.3. The van der Waals surface area contributed by atoms with E-state index in [1.165, 1.54) is 0 Å². The largest absolute Gasteiger partial charge is 0.339 e. The summed E-state index contributed by atoms with van der Waals surface area (Å²) in [5.74, 6) is -0.415. The highest BCUT2D eigenvalue weighted by Gasteiger charge is 2.39. The minimum Gasteiger partial charge on any atom is -0.339 e. The summed E-state index contributed by atoms with van der Waals surface area (Å²) in [6, 6.07) is 7.06. The van der Waals surface area contributed by atoms with Crippen molar-refractivity contribution in [2.45, 2.75) is 46.0 Å². The molecule has 5 nitrogen and oxygen atoms in total. The molecule has 0 heterocycles. The molecular formula is C19H24ClN3O2. The molecule has 0 spiro atoms. The van der Waals surface area contributed by atoms with Crippen molar-refractivity contribution < 1.29 is 9.59 Å². The van der Waals surface area contributed by atoms with Crippen LogP contribution >= 0.6 is 11.6 Å². The van der Waals surface area contributed by atoms with Crippen LogP contribution in [0.25, 0.3) is 0 Å². The van der Waals surface area contributed by atoms with E-state index in [4.69, 9.17) is 11.6 Å². The van der Waals surface area contributed by atoms with Crippen LogP contribution in [0.15, 0.2) is 18.2 Å². The van der Waals surface area contributed by atoms with Crippen molar-refractivity contribution in [3.8, 4) is 6.07 Å². The number of amides is 2. The Morgan fingerprint density at radius 1 is 1.24 bits per heavy atom. The Morgan fingerprint density at radius 2 is 1.88 bits per heavy atom. The lowest BCUT2D eigenvalue weighted by molar-refractivity contribution is -0.124. The van der Waals surface area contributed by atoms with E-state index in [9.17, 15) is 14.9 Å². The molecule has 2 rings (SSSR count). The SMILES string of the molecule is CCN(CC)C(=O)c1ccc(NC(=O)C2(C#N)CCCCC2)cc1Cl. The van der Waals surface area contributed by atoms with Gasteiger partial charge in [0.2, 0.25) is 5.91 Å². The van der Waals surface area contributed by atoms with E-state index >= 15 is 0 Å². The van der Waals surface area contributed by atoms with Crippen molar-refractivity contribution in [2.75, 3.05) is 18.4 Å². The lowest BCUT2D eigenvalue weighted by Crippen LogP contribution is -2.36.